The van der Waals surface area contributed by atoms with E-state index in [0.29, 0.717) is 47.1 Å². The number of hydrogen-bond donors (Lipinski definition) is 1. The number of rotatable bonds is 10. The summed E-state index contributed by atoms with van der Waals surface area (Å²) in [6.45, 7) is 2.03. The van der Waals surface area contributed by atoms with Gasteiger partial charge in [-0.05, 0) is 36.9 Å². The largest absolute Gasteiger partial charge is 0.494 e. The van der Waals surface area contributed by atoms with E-state index < -0.39 is 5.82 Å². The molecule has 1 unspecified atom stereocenters. The molecular formula is C23H24FN7O2S2. The summed E-state index contributed by atoms with van der Waals surface area (Å²) in [6, 6.07) is 5.60. The van der Waals surface area contributed by atoms with Gasteiger partial charge in [-0.1, -0.05) is 13.0 Å². The Morgan fingerprint density at radius 2 is 1.89 bits per heavy atom. The molecule has 0 aliphatic heterocycles. The summed E-state index contributed by atoms with van der Waals surface area (Å²) in [5.74, 6) is 2.99. The van der Waals surface area contributed by atoms with Crippen molar-refractivity contribution in [3.05, 3.63) is 53.3 Å². The van der Waals surface area contributed by atoms with Crippen molar-refractivity contribution in [3.63, 3.8) is 0 Å². The quantitative estimate of drug-likeness (QED) is 0.297. The number of nitrogens with one attached hydrogen (secondary N) is 1. The van der Waals surface area contributed by atoms with Crippen LogP contribution in [0, 0.1) is 5.82 Å². The molecule has 1 atom stereocenters. The summed E-state index contributed by atoms with van der Waals surface area (Å²) in [7, 11) is 3.23. The summed E-state index contributed by atoms with van der Waals surface area (Å²) in [5, 5.41) is 11.9. The number of anilines is 1. The van der Waals surface area contributed by atoms with E-state index in [1.165, 1.54) is 37.2 Å². The molecule has 182 valence electrons. The topological polar surface area (TPSA) is 99.9 Å². The first-order valence-corrected chi connectivity index (χ1v) is 12.8. The van der Waals surface area contributed by atoms with E-state index in [2.05, 4.69) is 30.3 Å². The first-order chi connectivity index (χ1) is 17.1. The summed E-state index contributed by atoms with van der Waals surface area (Å²) in [6.07, 6.45) is 5.25. The molecule has 1 aromatic carbocycles. The van der Waals surface area contributed by atoms with Gasteiger partial charge < -0.3 is 9.47 Å². The van der Waals surface area contributed by atoms with E-state index in [4.69, 9.17) is 14.5 Å². The number of aromatic nitrogens is 6. The highest BCUT2D eigenvalue weighted by Crippen LogP contribution is 2.43. The molecule has 1 aliphatic carbocycles. The second kappa shape index (κ2) is 10.2. The molecule has 0 spiro atoms. The van der Waals surface area contributed by atoms with Crippen LogP contribution in [0.5, 0.6) is 11.5 Å². The minimum Gasteiger partial charge on any atom is -0.494 e. The fourth-order valence-corrected chi connectivity index (χ4v) is 5.15. The Labute approximate surface area is 210 Å². The van der Waals surface area contributed by atoms with Gasteiger partial charge in [0.25, 0.3) is 0 Å². The average molecular weight is 514 g/mol. The SMILES string of the molecule is COc1cccc(OC)c1-n1c(NSC(C)Cc2ncc(F)cn2)nnc1-c1nc(C2CC2)cs1. The predicted molar refractivity (Wildman–Crippen MR) is 134 cm³/mol. The lowest BCUT2D eigenvalue weighted by molar-refractivity contribution is 0.391. The molecule has 4 aromatic rings. The molecule has 3 aromatic heterocycles. The van der Waals surface area contributed by atoms with E-state index in [0.717, 1.165) is 10.7 Å². The molecule has 0 bridgehead atoms. The fraction of sp³-hybridized carbons (Fsp3) is 0.348. The van der Waals surface area contributed by atoms with Crippen molar-refractivity contribution in [2.45, 2.75) is 37.4 Å². The Morgan fingerprint density at radius 3 is 2.54 bits per heavy atom. The van der Waals surface area contributed by atoms with Gasteiger partial charge >= 0.3 is 0 Å². The zero-order valence-electron chi connectivity index (χ0n) is 19.4. The van der Waals surface area contributed by atoms with Crippen molar-refractivity contribution in [1.82, 2.24) is 29.7 Å². The summed E-state index contributed by atoms with van der Waals surface area (Å²) < 4.78 is 29.7. The Kier molecular flexibility index (Phi) is 6.82. The minimum absolute atomic E-state index is 0.0648. The molecule has 5 rings (SSSR count). The Bertz CT molecular complexity index is 1290. The molecule has 1 fully saturated rings. The number of ether oxygens (including phenoxy) is 2. The Hall–Kier alpha value is -3.25. The van der Waals surface area contributed by atoms with Crippen LogP contribution < -0.4 is 14.2 Å². The van der Waals surface area contributed by atoms with Gasteiger partial charge in [-0.3, -0.25) is 9.29 Å². The van der Waals surface area contributed by atoms with Gasteiger partial charge in [0.15, 0.2) is 16.6 Å². The third-order valence-electron chi connectivity index (χ3n) is 5.49. The summed E-state index contributed by atoms with van der Waals surface area (Å²) in [4.78, 5) is 12.9. The maximum Gasteiger partial charge on any atom is 0.239 e. The number of thiazole rings is 1. The van der Waals surface area contributed by atoms with E-state index >= 15 is 0 Å². The number of para-hydroxylation sites is 1. The molecule has 1 saturated carbocycles. The van der Waals surface area contributed by atoms with Gasteiger partial charge in [0.1, 0.15) is 23.0 Å². The van der Waals surface area contributed by atoms with Crippen LogP contribution in [-0.4, -0.2) is 49.2 Å². The lowest BCUT2D eigenvalue weighted by atomic mass is 10.2. The Balaban J connectivity index is 1.48. The van der Waals surface area contributed by atoms with Crippen molar-refractivity contribution >= 4 is 29.2 Å². The van der Waals surface area contributed by atoms with Crippen molar-refractivity contribution < 1.29 is 13.9 Å². The van der Waals surface area contributed by atoms with E-state index in [-0.39, 0.29) is 5.25 Å². The molecule has 0 amide bonds. The maximum atomic E-state index is 13.1. The first-order valence-electron chi connectivity index (χ1n) is 11.1. The standard InChI is InChI=1S/C23H24FN7O2S2/c1-13(9-19-25-10-15(24)11-26-19)35-30-23-29-28-21(22-27-16(12-34-22)14-7-8-14)31(23)20-17(32-2)5-4-6-18(20)33-3/h4-6,10-14H,7-9H2,1-3H3,(H,29,30). The van der Waals surface area contributed by atoms with Gasteiger partial charge in [0, 0.05) is 23.0 Å². The van der Waals surface area contributed by atoms with E-state index in [1.54, 1.807) is 25.6 Å². The zero-order valence-corrected chi connectivity index (χ0v) is 21.1. The lowest BCUT2D eigenvalue weighted by Gasteiger charge is -2.17. The molecule has 1 aliphatic rings. The molecule has 0 saturated heterocycles. The van der Waals surface area contributed by atoms with Crippen molar-refractivity contribution in [3.8, 4) is 28.0 Å². The van der Waals surface area contributed by atoms with Crippen LogP contribution >= 0.6 is 23.3 Å². The lowest BCUT2D eigenvalue weighted by Crippen LogP contribution is -2.11. The van der Waals surface area contributed by atoms with Crippen LogP contribution in [0.25, 0.3) is 16.5 Å². The van der Waals surface area contributed by atoms with Crippen molar-refractivity contribution in [1.29, 1.82) is 0 Å². The summed E-state index contributed by atoms with van der Waals surface area (Å²) in [5.41, 5.74) is 1.78. The first kappa shape index (κ1) is 23.5. The number of methoxy groups -OCH3 is 2. The number of benzene rings is 1. The summed E-state index contributed by atoms with van der Waals surface area (Å²) >= 11 is 3.00. The third kappa shape index (κ3) is 5.08. The normalized spacial score (nSPS) is 14.1. The zero-order chi connectivity index (χ0) is 24.4. The predicted octanol–water partition coefficient (Wildman–Crippen LogP) is 4.91. The Morgan fingerprint density at radius 1 is 1.17 bits per heavy atom. The molecular weight excluding hydrogens is 489 g/mol. The molecule has 35 heavy (non-hydrogen) atoms. The van der Waals surface area contributed by atoms with Gasteiger partial charge in [-0.15, -0.1) is 21.5 Å². The van der Waals surface area contributed by atoms with Crippen molar-refractivity contribution in [2.24, 2.45) is 0 Å². The van der Waals surface area contributed by atoms with Crippen LogP contribution in [0.15, 0.2) is 36.0 Å². The maximum absolute atomic E-state index is 13.1. The molecule has 12 heteroatoms. The fourth-order valence-electron chi connectivity index (χ4n) is 3.60. The highest BCUT2D eigenvalue weighted by molar-refractivity contribution is 8.01. The number of halogens is 1. The van der Waals surface area contributed by atoms with E-state index in [9.17, 15) is 4.39 Å². The smallest absolute Gasteiger partial charge is 0.239 e. The molecule has 3 heterocycles. The second-order valence-electron chi connectivity index (χ2n) is 8.10. The third-order valence-corrected chi connectivity index (χ3v) is 7.22. The van der Waals surface area contributed by atoms with Crippen LogP contribution in [0.3, 0.4) is 0 Å². The van der Waals surface area contributed by atoms with Crippen LogP contribution in [-0.2, 0) is 6.42 Å². The van der Waals surface area contributed by atoms with Gasteiger partial charge in [0.2, 0.25) is 5.95 Å². The van der Waals surface area contributed by atoms with Crippen LogP contribution in [0.1, 0.15) is 37.2 Å². The minimum atomic E-state index is -0.453. The highest BCUT2D eigenvalue weighted by Gasteiger charge is 2.29. The van der Waals surface area contributed by atoms with Crippen LogP contribution in [0.4, 0.5) is 10.3 Å². The number of hydrogen-bond acceptors (Lipinski definition) is 10. The molecule has 9 nitrogen and oxygen atoms in total. The average Bonchev–Trinajstić information content (AvgIpc) is 3.46. The van der Waals surface area contributed by atoms with Gasteiger partial charge in [-0.2, -0.15) is 0 Å². The second-order valence-corrected chi connectivity index (χ2v) is 10.2. The van der Waals surface area contributed by atoms with Crippen molar-refractivity contribution in [2.75, 3.05) is 18.9 Å². The van der Waals surface area contributed by atoms with Gasteiger partial charge in [-0.25, -0.2) is 19.3 Å². The monoisotopic (exact) mass is 513 g/mol. The van der Waals surface area contributed by atoms with E-state index in [1.807, 2.05) is 29.7 Å². The molecule has 0 radical (unpaired) electrons. The van der Waals surface area contributed by atoms with Gasteiger partial charge in [0.05, 0.1) is 32.3 Å². The van der Waals surface area contributed by atoms with Crippen LogP contribution in [0.2, 0.25) is 0 Å². The highest BCUT2D eigenvalue weighted by atomic mass is 32.2. The molecule has 1 N–H and O–H groups in total. The number of nitrogens with zero attached hydrogens (tertiary/aromatic N) is 6.